The molecule has 2 aromatic rings. The highest BCUT2D eigenvalue weighted by atomic mass is 32.1. The van der Waals surface area contributed by atoms with Gasteiger partial charge in [0.2, 0.25) is 5.82 Å². The predicted octanol–water partition coefficient (Wildman–Crippen LogP) is 2.27. The van der Waals surface area contributed by atoms with Gasteiger partial charge in [-0.25, -0.2) is 9.67 Å². The molecule has 0 aromatic carbocycles. The summed E-state index contributed by atoms with van der Waals surface area (Å²) in [5, 5.41) is 18.4. The van der Waals surface area contributed by atoms with Gasteiger partial charge < -0.3 is 5.32 Å². The molecule has 2 rings (SSSR count). The largest absolute Gasteiger partial charge is 0.360 e. The SMILES string of the molecule is CCc1nn(C)c(NCc2scnc2C)c1[N+](=O)[O-]. The molecule has 0 saturated carbocycles. The molecule has 1 N–H and O–H groups in total. The minimum atomic E-state index is -0.381. The third-order valence-electron chi connectivity index (χ3n) is 2.87. The maximum atomic E-state index is 11.1. The zero-order chi connectivity index (χ0) is 14.0. The molecule has 2 heterocycles. The van der Waals surface area contributed by atoms with E-state index in [2.05, 4.69) is 15.4 Å². The summed E-state index contributed by atoms with van der Waals surface area (Å²) in [4.78, 5) is 16.0. The fraction of sp³-hybridized carbons (Fsp3) is 0.455. The maximum Gasteiger partial charge on any atom is 0.333 e. The fourth-order valence-electron chi connectivity index (χ4n) is 1.86. The number of nitrogens with zero attached hydrogens (tertiary/aromatic N) is 4. The van der Waals surface area contributed by atoms with Gasteiger partial charge in [0.15, 0.2) is 0 Å². The standard InChI is InChI=1S/C11H15N5O2S/c1-4-8-10(16(17)18)11(15(3)14-8)12-5-9-7(2)13-6-19-9/h6,12H,4-5H2,1-3H3. The van der Waals surface area contributed by atoms with Crippen molar-refractivity contribution in [1.82, 2.24) is 14.8 Å². The van der Waals surface area contributed by atoms with Gasteiger partial charge in [-0.15, -0.1) is 11.3 Å². The molecular weight excluding hydrogens is 266 g/mol. The second kappa shape index (κ2) is 5.35. The van der Waals surface area contributed by atoms with Gasteiger partial charge in [0.05, 0.1) is 22.7 Å². The van der Waals surface area contributed by atoms with E-state index in [1.54, 1.807) is 12.6 Å². The van der Waals surface area contributed by atoms with Crippen LogP contribution in [0, 0.1) is 17.0 Å². The molecule has 2 aromatic heterocycles. The lowest BCUT2D eigenvalue weighted by Crippen LogP contribution is -2.06. The first-order chi connectivity index (χ1) is 9.04. The van der Waals surface area contributed by atoms with Gasteiger partial charge in [0, 0.05) is 11.9 Å². The molecule has 0 aliphatic heterocycles. The highest BCUT2D eigenvalue weighted by Gasteiger charge is 2.25. The summed E-state index contributed by atoms with van der Waals surface area (Å²) in [6, 6.07) is 0. The van der Waals surface area contributed by atoms with Crippen LogP contribution in [-0.4, -0.2) is 19.7 Å². The summed E-state index contributed by atoms with van der Waals surface area (Å²) in [6.45, 7) is 4.29. The maximum absolute atomic E-state index is 11.1. The molecule has 0 aliphatic carbocycles. The second-order valence-electron chi connectivity index (χ2n) is 4.09. The third kappa shape index (κ3) is 2.58. The van der Waals surface area contributed by atoms with Crippen molar-refractivity contribution in [2.45, 2.75) is 26.8 Å². The van der Waals surface area contributed by atoms with E-state index in [4.69, 9.17) is 0 Å². The second-order valence-corrected chi connectivity index (χ2v) is 5.03. The van der Waals surface area contributed by atoms with Crippen LogP contribution >= 0.6 is 11.3 Å². The molecule has 8 heteroatoms. The number of rotatable bonds is 5. The van der Waals surface area contributed by atoms with E-state index in [9.17, 15) is 10.1 Å². The number of hydrogen-bond donors (Lipinski definition) is 1. The molecule has 102 valence electrons. The Labute approximate surface area is 114 Å². The summed E-state index contributed by atoms with van der Waals surface area (Å²) in [7, 11) is 1.70. The van der Waals surface area contributed by atoms with Crippen LogP contribution in [0.4, 0.5) is 11.5 Å². The minimum Gasteiger partial charge on any atom is -0.360 e. The van der Waals surface area contributed by atoms with Crippen LogP contribution in [-0.2, 0) is 20.0 Å². The predicted molar refractivity (Wildman–Crippen MR) is 73.4 cm³/mol. The first-order valence-electron chi connectivity index (χ1n) is 5.87. The van der Waals surface area contributed by atoms with Crippen molar-refractivity contribution in [2.24, 2.45) is 7.05 Å². The van der Waals surface area contributed by atoms with E-state index in [0.29, 0.717) is 24.5 Å². The average molecular weight is 281 g/mol. The molecule has 19 heavy (non-hydrogen) atoms. The highest BCUT2D eigenvalue weighted by molar-refractivity contribution is 7.09. The van der Waals surface area contributed by atoms with Gasteiger partial charge in [0.1, 0.15) is 5.69 Å². The van der Waals surface area contributed by atoms with Gasteiger partial charge in [0.25, 0.3) is 0 Å². The Balaban J connectivity index is 2.27. The van der Waals surface area contributed by atoms with Crippen LogP contribution in [0.25, 0.3) is 0 Å². The van der Waals surface area contributed by atoms with Crippen LogP contribution in [0.2, 0.25) is 0 Å². The zero-order valence-corrected chi connectivity index (χ0v) is 11.8. The van der Waals surface area contributed by atoms with Gasteiger partial charge in [-0.2, -0.15) is 5.10 Å². The van der Waals surface area contributed by atoms with Gasteiger partial charge in [-0.3, -0.25) is 10.1 Å². The number of hydrogen-bond acceptors (Lipinski definition) is 6. The number of aryl methyl sites for hydroxylation is 3. The molecule has 0 spiro atoms. The molecule has 0 bridgehead atoms. The first kappa shape index (κ1) is 13.5. The molecule has 0 unspecified atom stereocenters. The quantitative estimate of drug-likeness (QED) is 0.671. The van der Waals surface area contributed by atoms with E-state index in [-0.39, 0.29) is 10.6 Å². The summed E-state index contributed by atoms with van der Waals surface area (Å²) in [5.41, 5.74) is 3.27. The Morgan fingerprint density at radius 2 is 2.32 bits per heavy atom. The Morgan fingerprint density at radius 1 is 1.58 bits per heavy atom. The van der Waals surface area contributed by atoms with Crippen molar-refractivity contribution in [3.05, 3.63) is 31.9 Å². The fourth-order valence-corrected chi connectivity index (χ4v) is 2.57. The highest BCUT2D eigenvalue weighted by Crippen LogP contribution is 2.29. The number of thiazole rings is 1. The van der Waals surface area contributed by atoms with Crippen molar-refractivity contribution < 1.29 is 4.92 Å². The summed E-state index contributed by atoms with van der Waals surface area (Å²) < 4.78 is 1.52. The van der Waals surface area contributed by atoms with E-state index in [0.717, 1.165) is 10.6 Å². The van der Waals surface area contributed by atoms with Crippen molar-refractivity contribution in [2.75, 3.05) is 5.32 Å². The molecule has 0 radical (unpaired) electrons. The lowest BCUT2D eigenvalue weighted by molar-refractivity contribution is -0.384. The molecule has 0 amide bonds. The Morgan fingerprint density at radius 3 is 2.84 bits per heavy atom. The van der Waals surface area contributed by atoms with Crippen molar-refractivity contribution in [3.8, 4) is 0 Å². The van der Waals surface area contributed by atoms with Crippen molar-refractivity contribution in [3.63, 3.8) is 0 Å². The van der Waals surface area contributed by atoms with Crippen LogP contribution in [0.3, 0.4) is 0 Å². The number of nitrogens with one attached hydrogen (secondary N) is 1. The molecule has 0 fully saturated rings. The lowest BCUT2D eigenvalue weighted by atomic mass is 10.3. The molecule has 0 saturated heterocycles. The Kier molecular flexibility index (Phi) is 3.79. The van der Waals surface area contributed by atoms with Crippen LogP contribution in [0.1, 0.15) is 23.2 Å². The Hall–Kier alpha value is -1.96. The molecular formula is C11H15N5O2S. The monoisotopic (exact) mass is 281 g/mol. The van der Waals surface area contributed by atoms with Gasteiger partial charge in [-0.05, 0) is 13.3 Å². The van der Waals surface area contributed by atoms with Crippen molar-refractivity contribution in [1.29, 1.82) is 0 Å². The van der Waals surface area contributed by atoms with Crippen molar-refractivity contribution >= 4 is 22.8 Å². The third-order valence-corrected chi connectivity index (χ3v) is 3.81. The normalized spacial score (nSPS) is 10.7. The van der Waals surface area contributed by atoms with Gasteiger partial charge >= 0.3 is 5.69 Å². The number of anilines is 1. The summed E-state index contributed by atoms with van der Waals surface area (Å²) >= 11 is 1.53. The number of aromatic nitrogens is 3. The average Bonchev–Trinajstić information content (AvgIpc) is 2.90. The van der Waals surface area contributed by atoms with Crippen LogP contribution in [0.5, 0.6) is 0 Å². The van der Waals surface area contributed by atoms with Crippen LogP contribution in [0.15, 0.2) is 5.51 Å². The summed E-state index contributed by atoms with van der Waals surface area (Å²) in [5.74, 6) is 0.439. The van der Waals surface area contributed by atoms with Gasteiger partial charge in [-0.1, -0.05) is 6.92 Å². The van der Waals surface area contributed by atoms with E-state index in [1.165, 1.54) is 16.0 Å². The molecule has 0 atom stereocenters. The minimum absolute atomic E-state index is 0.0622. The van der Waals surface area contributed by atoms with E-state index < -0.39 is 0 Å². The van der Waals surface area contributed by atoms with Crippen LogP contribution < -0.4 is 5.32 Å². The zero-order valence-electron chi connectivity index (χ0n) is 11.0. The molecule has 0 aliphatic rings. The topological polar surface area (TPSA) is 85.9 Å². The Bertz CT molecular complexity index is 604. The van der Waals surface area contributed by atoms with E-state index in [1.807, 2.05) is 13.8 Å². The number of nitro groups is 1. The smallest absolute Gasteiger partial charge is 0.333 e. The van der Waals surface area contributed by atoms with E-state index >= 15 is 0 Å². The first-order valence-corrected chi connectivity index (χ1v) is 6.75. The summed E-state index contributed by atoms with van der Waals surface area (Å²) in [6.07, 6.45) is 0.533. The molecule has 7 nitrogen and oxygen atoms in total. The lowest BCUT2D eigenvalue weighted by Gasteiger charge is -2.04.